The highest BCUT2D eigenvalue weighted by Gasteiger charge is 2.15. The molecule has 0 aliphatic carbocycles. The minimum atomic E-state index is -0.0549. The fourth-order valence-electron chi connectivity index (χ4n) is 2.71. The highest BCUT2D eigenvalue weighted by atomic mass is 16.2. The first-order chi connectivity index (χ1) is 12.2. The van der Waals surface area contributed by atoms with E-state index in [0.29, 0.717) is 5.92 Å². The molecule has 1 heterocycles. The average Bonchev–Trinajstić information content (AvgIpc) is 2.57. The van der Waals surface area contributed by atoms with Crippen LogP contribution in [0.25, 0.3) is 0 Å². The Morgan fingerprint density at radius 2 is 1.69 bits per heavy atom. The van der Waals surface area contributed by atoms with Gasteiger partial charge in [0, 0.05) is 30.4 Å². The van der Waals surface area contributed by atoms with E-state index in [1.54, 1.807) is 0 Å². The van der Waals surface area contributed by atoms with Crippen molar-refractivity contribution in [3.05, 3.63) is 46.9 Å². The lowest BCUT2D eigenvalue weighted by Crippen LogP contribution is -2.31. The van der Waals surface area contributed by atoms with E-state index in [-0.39, 0.29) is 18.4 Å². The maximum absolute atomic E-state index is 12.5. The molecule has 1 aromatic carbocycles. The zero-order valence-electron chi connectivity index (χ0n) is 16.9. The van der Waals surface area contributed by atoms with Crippen molar-refractivity contribution in [3.8, 4) is 0 Å². The molecule has 1 aromatic heterocycles. The molecule has 0 aliphatic rings. The highest BCUT2D eigenvalue weighted by molar-refractivity contribution is 5.95. The van der Waals surface area contributed by atoms with E-state index in [2.05, 4.69) is 43.0 Å². The van der Waals surface area contributed by atoms with Gasteiger partial charge in [-0.3, -0.25) is 4.79 Å². The van der Waals surface area contributed by atoms with Crippen LogP contribution >= 0.6 is 0 Å². The van der Waals surface area contributed by atoms with Crippen molar-refractivity contribution in [2.45, 2.75) is 53.4 Å². The van der Waals surface area contributed by atoms with E-state index in [4.69, 9.17) is 0 Å². The molecule has 0 radical (unpaired) electrons. The van der Waals surface area contributed by atoms with Crippen LogP contribution in [0.5, 0.6) is 0 Å². The Balaban J connectivity index is 2.18. The Hall–Kier alpha value is -2.43. The minimum Gasteiger partial charge on any atom is -0.350 e. The van der Waals surface area contributed by atoms with Gasteiger partial charge in [-0.25, -0.2) is 9.97 Å². The number of carbonyl (C=O) groups is 1. The van der Waals surface area contributed by atoms with E-state index in [1.165, 1.54) is 0 Å². The zero-order chi connectivity index (χ0) is 19.4. The first-order valence-electron chi connectivity index (χ1n) is 9.15. The van der Waals surface area contributed by atoms with Crippen LogP contribution in [0, 0.1) is 13.8 Å². The van der Waals surface area contributed by atoms with Gasteiger partial charge in [0.15, 0.2) is 0 Å². The fraction of sp³-hybridized carbons (Fsp3) is 0.476. The first-order valence-corrected chi connectivity index (χ1v) is 9.15. The van der Waals surface area contributed by atoms with Crippen LogP contribution < -0.4 is 10.2 Å². The Labute approximate surface area is 156 Å². The summed E-state index contributed by atoms with van der Waals surface area (Å²) in [6, 6.07) is 7.97. The molecule has 0 unspecified atom stereocenters. The number of nitrogens with one attached hydrogen (secondary N) is 1. The molecule has 5 heteroatoms. The third-order valence-corrected chi connectivity index (χ3v) is 4.38. The molecule has 2 aromatic rings. The maximum Gasteiger partial charge on any atom is 0.243 e. The topological polar surface area (TPSA) is 58.1 Å². The van der Waals surface area contributed by atoms with Gasteiger partial charge in [0.25, 0.3) is 0 Å². The Kier molecular flexibility index (Phi) is 6.35. The summed E-state index contributed by atoms with van der Waals surface area (Å²) >= 11 is 0. The third-order valence-electron chi connectivity index (χ3n) is 4.38. The Morgan fingerprint density at radius 3 is 2.23 bits per heavy atom. The van der Waals surface area contributed by atoms with Crippen molar-refractivity contribution < 1.29 is 4.79 Å². The van der Waals surface area contributed by atoms with Gasteiger partial charge in [-0.05, 0) is 30.9 Å². The molecule has 26 heavy (non-hydrogen) atoms. The quantitative estimate of drug-likeness (QED) is 0.834. The lowest BCUT2D eigenvalue weighted by Gasteiger charge is -2.21. The molecule has 2 rings (SSSR count). The number of anilines is 2. The van der Waals surface area contributed by atoms with Crippen LogP contribution in [-0.2, 0) is 4.79 Å². The summed E-state index contributed by atoms with van der Waals surface area (Å²) in [5.74, 6) is 2.09. The second-order valence-electron chi connectivity index (χ2n) is 7.49. The molecule has 0 spiro atoms. The molecule has 0 saturated heterocycles. The molecule has 5 nitrogen and oxygen atoms in total. The predicted octanol–water partition coefficient (Wildman–Crippen LogP) is 4.42. The number of hydrogen-bond donors (Lipinski definition) is 1. The number of benzene rings is 1. The summed E-state index contributed by atoms with van der Waals surface area (Å²) in [6.07, 6.45) is 0. The molecule has 0 aliphatic heterocycles. The van der Waals surface area contributed by atoms with E-state index < -0.39 is 0 Å². The average molecular weight is 354 g/mol. The van der Waals surface area contributed by atoms with Gasteiger partial charge in [0.1, 0.15) is 11.6 Å². The molecule has 0 atom stereocenters. The van der Waals surface area contributed by atoms with Gasteiger partial charge in [0.2, 0.25) is 5.91 Å². The van der Waals surface area contributed by atoms with Crippen molar-refractivity contribution in [1.82, 2.24) is 9.97 Å². The van der Waals surface area contributed by atoms with Crippen molar-refractivity contribution in [2.24, 2.45) is 0 Å². The van der Waals surface area contributed by atoms with Crippen molar-refractivity contribution in [1.29, 1.82) is 0 Å². The minimum absolute atomic E-state index is 0.0549. The van der Waals surface area contributed by atoms with Gasteiger partial charge in [0.05, 0.1) is 6.54 Å². The summed E-state index contributed by atoms with van der Waals surface area (Å²) < 4.78 is 0. The monoisotopic (exact) mass is 354 g/mol. The molecule has 0 saturated carbocycles. The summed E-state index contributed by atoms with van der Waals surface area (Å²) in [5.41, 5.74) is 4.01. The first kappa shape index (κ1) is 19.9. The largest absolute Gasteiger partial charge is 0.350 e. The van der Waals surface area contributed by atoms with Crippen LogP contribution in [0.2, 0.25) is 0 Å². The smallest absolute Gasteiger partial charge is 0.243 e. The van der Waals surface area contributed by atoms with Crippen LogP contribution in [0.3, 0.4) is 0 Å². The normalized spacial score (nSPS) is 11.1. The number of nitrogens with zero attached hydrogens (tertiary/aromatic N) is 3. The second-order valence-corrected chi connectivity index (χ2v) is 7.49. The van der Waals surface area contributed by atoms with Crippen molar-refractivity contribution in [3.63, 3.8) is 0 Å². The molecule has 1 N–H and O–H groups in total. The van der Waals surface area contributed by atoms with Crippen LogP contribution in [0.15, 0.2) is 24.3 Å². The number of amides is 1. The molecular formula is C21H30N4O. The standard InChI is InChI=1S/C21H30N4O/c1-13(2)17-11-18(23-21(22-17)14(3)4)25(7)12-19(26)24-20-15(5)9-8-10-16(20)6/h8-11,13-14H,12H2,1-7H3,(H,24,26). The number of rotatable bonds is 6. The fourth-order valence-corrected chi connectivity index (χ4v) is 2.71. The molecule has 140 valence electrons. The molecular weight excluding hydrogens is 324 g/mol. The van der Waals surface area contributed by atoms with Crippen molar-refractivity contribution >= 4 is 17.4 Å². The van der Waals surface area contributed by atoms with Gasteiger partial charge >= 0.3 is 0 Å². The Bertz CT molecular complexity index is 737. The predicted molar refractivity (Wildman–Crippen MR) is 108 cm³/mol. The number of hydrogen-bond acceptors (Lipinski definition) is 4. The van der Waals surface area contributed by atoms with Crippen molar-refractivity contribution in [2.75, 3.05) is 23.8 Å². The third kappa shape index (κ3) is 4.81. The van der Waals surface area contributed by atoms with E-state index >= 15 is 0 Å². The van der Waals surface area contributed by atoms with Crippen LogP contribution in [-0.4, -0.2) is 29.5 Å². The van der Waals surface area contributed by atoms with Gasteiger partial charge in [-0.15, -0.1) is 0 Å². The summed E-state index contributed by atoms with van der Waals surface area (Å²) in [5, 5.41) is 3.03. The lowest BCUT2D eigenvalue weighted by atomic mass is 10.1. The number of para-hydroxylation sites is 1. The number of aromatic nitrogens is 2. The van der Waals surface area contributed by atoms with Gasteiger partial charge in [-0.2, -0.15) is 0 Å². The number of carbonyl (C=O) groups excluding carboxylic acids is 1. The second kappa shape index (κ2) is 8.30. The SMILES string of the molecule is Cc1cccc(C)c1NC(=O)CN(C)c1cc(C(C)C)nc(C(C)C)n1. The van der Waals surface area contributed by atoms with E-state index in [0.717, 1.165) is 34.2 Å². The van der Waals surface area contributed by atoms with Crippen LogP contribution in [0.1, 0.15) is 62.2 Å². The van der Waals surface area contributed by atoms with Crippen LogP contribution in [0.4, 0.5) is 11.5 Å². The number of likely N-dealkylation sites (N-methyl/N-ethyl adjacent to an activating group) is 1. The summed E-state index contributed by atoms with van der Waals surface area (Å²) in [4.78, 5) is 23.7. The Morgan fingerprint density at radius 1 is 1.08 bits per heavy atom. The maximum atomic E-state index is 12.5. The van der Waals surface area contributed by atoms with Gasteiger partial charge < -0.3 is 10.2 Å². The molecule has 1 amide bonds. The van der Waals surface area contributed by atoms with E-state index in [9.17, 15) is 4.79 Å². The summed E-state index contributed by atoms with van der Waals surface area (Å²) in [7, 11) is 1.89. The van der Waals surface area contributed by atoms with Gasteiger partial charge in [-0.1, -0.05) is 45.9 Å². The van der Waals surface area contributed by atoms with E-state index in [1.807, 2.05) is 50.1 Å². The molecule has 0 bridgehead atoms. The number of aryl methyl sites for hydroxylation is 2. The zero-order valence-corrected chi connectivity index (χ0v) is 16.9. The molecule has 0 fully saturated rings. The highest BCUT2D eigenvalue weighted by Crippen LogP contribution is 2.22. The summed E-state index contributed by atoms with van der Waals surface area (Å²) in [6.45, 7) is 12.6. The lowest BCUT2D eigenvalue weighted by molar-refractivity contribution is -0.114.